The van der Waals surface area contributed by atoms with Crippen LogP contribution in [0.4, 0.5) is 0 Å². The molecule has 18 heavy (non-hydrogen) atoms. The number of H-pyrrole nitrogens is 1. The fraction of sp³-hybridized carbons (Fsp3) is 0.455. The third-order valence-electron chi connectivity index (χ3n) is 3.03. The van der Waals surface area contributed by atoms with Crippen LogP contribution in [0.1, 0.15) is 35.1 Å². The molecule has 2 aliphatic rings. The predicted octanol–water partition coefficient (Wildman–Crippen LogP) is -0.823. The van der Waals surface area contributed by atoms with Crippen molar-refractivity contribution in [3.05, 3.63) is 27.9 Å². The first kappa shape index (κ1) is 10.9. The van der Waals surface area contributed by atoms with E-state index in [0.29, 0.717) is 5.82 Å². The van der Waals surface area contributed by atoms with Crippen molar-refractivity contribution >= 4 is 11.8 Å². The van der Waals surface area contributed by atoms with Crippen LogP contribution in [0.25, 0.3) is 0 Å². The van der Waals surface area contributed by atoms with Gasteiger partial charge in [0, 0.05) is 12.0 Å². The Morgan fingerprint density at radius 2 is 2.17 bits per heavy atom. The van der Waals surface area contributed by atoms with Gasteiger partial charge in [-0.05, 0) is 12.8 Å². The number of nitrogens with zero attached hydrogens (tertiary/aromatic N) is 2. The number of rotatable bonds is 2. The second-order valence-electron chi connectivity index (χ2n) is 4.55. The average molecular weight is 248 g/mol. The fourth-order valence-corrected chi connectivity index (χ4v) is 1.91. The van der Waals surface area contributed by atoms with E-state index in [1.54, 1.807) is 0 Å². The normalized spacial score (nSPS) is 18.9. The lowest BCUT2D eigenvalue weighted by Crippen LogP contribution is -2.31. The number of aromatic amines is 1. The summed E-state index contributed by atoms with van der Waals surface area (Å²) in [6, 6.07) is 1.18. The molecule has 1 saturated carbocycles. The highest BCUT2D eigenvalue weighted by molar-refractivity contribution is 5.96. The predicted molar refractivity (Wildman–Crippen MR) is 60.9 cm³/mol. The van der Waals surface area contributed by atoms with E-state index in [1.165, 1.54) is 11.0 Å². The van der Waals surface area contributed by atoms with E-state index in [9.17, 15) is 14.4 Å². The van der Waals surface area contributed by atoms with Gasteiger partial charge in [0.25, 0.3) is 11.5 Å². The quantitative estimate of drug-likeness (QED) is 0.714. The lowest BCUT2D eigenvalue weighted by Gasteiger charge is -2.12. The van der Waals surface area contributed by atoms with Crippen molar-refractivity contribution in [3.8, 4) is 0 Å². The van der Waals surface area contributed by atoms with Gasteiger partial charge >= 0.3 is 0 Å². The van der Waals surface area contributed by atoms with Crippen molar-refractivity contribution in [2.75, 3.05) is 13.2 Å². The SMILES string of the molecule is O=C1CN(C(=O)c2cc(=O)[nH]c(C3CC3)n2)CN1. The Kier molecular flexibility index (Phi) is 2.39. The highest BCUT2D eigenvalue weighted by Gasteiger charge is 2.29. The molecule has 2 heterocycles. The van der Waals surface area contributed by atoms with E-state index in [-0.39, 0.29) is 42.2 Å². The Hall–Kier alpha value is -2.18. The smallest absolute Gasteiger partial charge is 0.274 e. The maximum atomic E-state index is 12.1. The molecule has 2 fully saturated rings. The molecule has 7 nitrogen and oxygen atoms in total. The molecular weight excluding hydrogens is 236 g/mol. The van der Waals surface area contributed by atoms with Gasteiger partial charge in [0.1, 0.15) is 18.1 Å². The molecule has 1 aliphatic carbocycles. The minimum absolute atomic E-state index is 0.0199. The molecule has 1 aromatic rings. The van der Waals surface area contributed by atoms with Crippen molar-refractivity contribution in [3.63, 3.8) is 0 Å². The van der Waals surface area contributed by atoms with E-state index in [4.69, 9.17) is 0 Å². The van der Waals surface area contributed by atoms with Crippen LogP contribution in [0.15, 0.2) is 10.9 Å². The molecule has 1 aliphatic heterocycles. The molecule has 7 heteroatoms. The molecule has 2 N–H and O–H groups in total. The van der Waals surface area contributed by atoms with Crippen molar-refractivity contribution in [2.45, 2.75) is 18.8 Å². The molecule has 2 amide bonds. The number of hydrogen-bond donors (Lipinski definition) is 2. The zero-order valence-electron chi connectivity index (χ0n) is 9.60. The monoisotopic (exact) mass is 248 g/mol. The molecule has 0 spiro atoms. The summed E-state index contributed by atoms with van der Waals surface area (Å²) >= 11 is 0. The summed E-state index contributed by atoms with van der Waals surface area (Å²) in [6.45, 7) is 0.191. The minimum atomic E-state index is -0.388. The summed E-state index contributed by atoms with van der Waals surface area (Å²) in [7, 11) is 0. The Morgan fingerprint density at radius 3 is 2.78 bits per heavy atom. The first-order valence-corrected chi connectivity index (χ1v) is 5.81. The van der Waals surface area contributed by atoms with E-state index in [1.807, 2.05) is 0 Å². The Bertz CT molecular complexity index is 576. The number of nitrogens with one attached hydrogen (secondary N) is 2. The van der Waals surface area contributed by atoms with Gasteiger partial charge in [-0.3, -0.25) is 14.4 Å². The lowest BCUT2D eigenvalue weighted by atomic mass is 10.3. The molecule has 94 valence electrons. The summed E-state index contributed by atoms with van der Waals surface area (Å²) in [5, 5.41) is 2.54. The summed E-state index contributed by atoms with van der Waals surface area (Å²) in [5.41, 5.74) is -0.217. The van der Waals surface area contributed by atoms with Crippen LogP contribution < -0.4 is 10.9 Å². The van der Waals surface area contributed by atoms with Crippen LogP contribution in [-0.4, -0.2) is 39.9 Å². The van der Waals surface area contributed by atoms with Crippen LogP contribution in [0.2, 0.25) is 0 Å². The zero-order valence-corrected chi connectivity index (χ0v) is 9.60. The summed E-state index contributed by atoms with van der Waals surface area (Å²) < 4.78 is 0. The molecule has 3 rings (SSSR count). The lowest BCUT2D eigenvalue weighted by molar-refractivity contribution is -0.118. The van der Waals surface area contributed by atoms with Gasteiger partial charge in [-0.25, -0.2) is 4.98 Å². The van der Waals surface area contributed by atoms with E-state index in [2.05, 4.69) is 15.3 Å². The first-order valence-electron chi connectivity index (χ1n) is 5.81. The summed E-state index contributed by atoms with van der Waals surface area (Å²) in [4.78, 5) is 42.7. The second kappa shape index (κ2) is 3.94. The van der Waals surface area contributed by atoms with Crippen molar-refractivity contribution in [1.29, 1.82) is 0 Å². The third-order valence-corrected chi connectivity index (χ3v) is 3.03. The second-order valence-corrected chi connectivity index (χ2v) is 4.55. The van der Waals surface area contributed by atoms with Gasteiger partial charge in [-0.15, -0.1) is 0 Å². The molecule has 0 atom stereocenters. The Morgan fingerprint density at radius 1 is 1.39 bits per heavy atom. The number of carbonyl (C=O) groups is 2. The highest BCUT2D eigenvalue weighted by atomic mass is 16.2. The van der Waals surface area contributed by atoms with Crippen molar-refractivity contribution in [1.82, 2.24) is 20.2 Å². The number of hydrogen-bond acceptors (Lipinski definition) is 4. The van der Waals surface area contributed by atoms with Crippen molar-refractivity contribution in [2.24, 2.45) is 0 Å². The van der Waals surface area contributed by atoms with E-state index >= 15 is 0 Å². The summed E-state index contributed by atoms with van der Waals surface area (Å²) in [5.74, 6) is 0.255. The van der Waals surface area contributed by atoms with E-state index < -0.39 is 0 Å². The highest BCUT2D eigenvalue weighted by Crippen LogP contribution is 2.37. The van der Waals surface area contributed by atoms with Crippen LogP contribution in [0.3, 0.4) is 0 Å². The van der Waals surface area contributed by atoms with Gasteiger partial charge < -0.3 is 15.2 Å². The molecule has 0 unspecified atom stereocenters. The maximum Gasteiger partial charge on any atom is 0.274 e. The fourth-order valence-electron chi connectivity index (χ4n) is 1.91. The van der Waals surface area contributed by atoms with Gasteiger partial charge in [0.05, 0.1) is 6.67 Å². The summed E-state index contributed by atoms with van der Waals surface area (Å²) in [6.07, 6.45) is 1.98. The largest absolute Gasteiger partial charge is 0.337 e. The number of amides is 2. The molecule has 0 aromatic carbocycles. The van der Waals surface area contributed by atoms with Gasteiger partial charge in [0.15, 0.2) is 0 Å². The molecule has 0 bridgehead atoms. The minimum Gasteiger partial charge on any atom is -0.337 e. The zero-order chi connectivity index (χ0) is 12.7. The number of aromatic nitrogens is 2. The van der Waals surface area contributed by atoms with Crippen molar-refractivity contribution < 1.29 is 9.59 Å². The number of carbonyl (C=O) groups excluding carboxylic acids is 2. The molecular formula is C11H12N4O3. The maximum absolute atomic E-state index is 12.1. The van der Waals surface area contributed by atoms with Gasteiger partial charge in [-0.2, -0.15) is 0 Å². The first-order chi connectivity index (χ1) is 8.63. The van der Waals surface area contributed by atoms with Crippen LogP contribution in [-0.2, 0) is 4.79 Å². The van der Waals surface area contributed by atoms with Gasteiger partial charge in [-0.1, -0.05) is 0 Å². The van der Waals surface area contributed by atoms with Crippen LogP contribution in [0.5, 0.6) is 0 Å². The average Bonchev–Trinajstić information content (AvgIpc) is 3.10. The third kappa shape index (κ3) is 1.99. The van der Waals surface area contributed by atoms with E-state index in [0.717, 1.165) is 12.8 Å². The Balaban J connectivity index is 1.89. The molecule has 1 saturated heterocycles. The molecule has 0 radical (unpaired) electrons. The Labute approximate surface area is 102 Å². The van der Waals surface area contributed by atoms with Gasteiger partial charge in [0.2, 0.25) is 5.91 Å². The topological polar surface area (TPSA) is 95.2 Å². The van der Waals surface area contributed by atoms with Crippen LogP contribution >= 0.6 is 0 Å². The van der Waals surface area contributed by atoms with Crippen LogP contribution in [0, 0.1) is 0 Å². The molecule has 1 aromatic heterocycles. The standard InChI is InChI=1S/C11H12N4O3/c16-8-3-7(13-10(14-8)6-1-2-6)11(18)15-4-9(17)12-5-15/h3,6H,1-2,4-5H2,(H,12,17)(H,13,14,16).